The van der Waals surface area contributed by atoms with Crippen LogP contribution in [0.5, 0.6) is 5.75 Å². The Morgan fingerprint density at radius 2 is 1.77 bits per heavy atom. The standard InChI is InChI=1S/C26H34N2O3/c1-19-8-7-9-22(16-19)18-28(20(2)26(30)27-23-10-5-4-6-11-23)25(29)17-21-12-14-24(31-3)15-13-21/h7-9,12-16,20,23H,4-6,10-11,17-18H2,1-3H3,(H,27,30)/t20-/m1/s1. The smallest absolute Gasteiger partial charge is 0.242 e. The van der Waals surface area contributed by atoms with Gasteiger partial charge in [0.1, 0.15) is 11.8 Å². The Morgan fingerprint density at radius 1 is 1.06 bits per heavy atom. The van der Waals surface area contributed by atoms with Crippen molar-refractivity contribution >= 4 is 11.8 Å². The molecule has 166 valence electrons. The maximum Gasteiger partial charge on any atom is 0.242 e. The van der Waals surface area contributed by atoms with Gasteiger partial charge in [0.25, 0.3) is 0 Å². The van der Waals surface area contributed by atoms with Crippen molar-refractivity contribution in [3.05, 3.63) is 65.2 Å². The number of hydrogen-bond donors (Lipinski definition) is 1. The van der Waals surface area contributed by atoms with Crippen molar-refractivity contribution in [1.82, 2.24) is 10.2 Å². The largest absolute Gasteiger partial charge is 0.497 e. The van der Waals surface area contributed by atoms with Crippen molar-refractivity contribution in [1.29, 1.82) is 0 Å². The van der Waals surface area contributed by atoms with Gasteiger partial charge in [0, 0.05) is 12.6 Å². The normalized spacial score (nSPS) is 15.2. The molecule has 2 aromatic carbocycles. The Bertz CT molecular complexity index is 872. The topological polar surface area (TPSA) is 58.6 Å². The van der Waals surface area contributed by atoms with Crippen molar-refractivity contribution < 1.29 is 14.3 Å². The molecule has 0 saturated heterocycles. The van der Waals surface area contributed by atoms with Crippen LogP contribution in [0.25, 0.3) is 0 Å². The Labute approximate surface area is 185 Å². The first-order valence-corrected chi connectivity index (χ1v) is 11.2. The van der Waals surface area contributed by atoms with Gasteiger partial charge in [0.05, 0.1) is 13.5 Å². The first-order valence-electron chi connectivity index (χ1n) is 11.2. The summed E-state index contributed by atoms with van der Waals surface area (Å²) >= 11 is 0. The number of benzene rings is 2. The van der Waals surface area contributed by atoms with Crippen LogP contribution in [0, 0.1) is 6.92 Å². The molecular weight excluding hydrogens is 388 g/mol. The van der Waals surface area contributed by atoms with Gasteiger partial charge >= 0.3 is 0 Å². The Hall–Kier alpha value is -2.82. The first kappa shape index (κ1) is 22.9. The van der Waals surface area contributed by atoms with Gasteiger partial charge in [-0.15, -0.1) is 0 Å². The average molecular weight is 423 g/mol. The summed E-state index contributed by atoms with van der Waals surface area (Å²) in [6.45, 7) is 4.28. The second kappa shape index (κ2) is 11.0. The van der Waals surface area contributed by atoms with E-state index in [0.29, 0.717) is 6.54 Å². The number of aryl methyl sites for hydroxylation is 1. The van der Waals surface area contributed by atoms with E-state index in [1.165, 1.54) is 6.42 Å². The molecule has 0 aromatic heterocycles. The van der Waals surface area contributed by atoms with Gasteiger partial charge in [0.15, 0.2) is 0 Å². The number of carbonyl (C=O) groups excluding carboxylic acids is 2. The van der Waals surface area contributed by atoms with Gasteiger partial charge < -0.3 is 15.0 Å². The molecule has 3 rings (SSSR count). The van der Waals surface area contributed by atoms with E-state index in [4.69, 9.17) is 4.74 Å². The summed E-state index contributed by atoms with van der Waals surface area (Å²) in [5, 5.41) is 3.18. The molecule has 5 heteroatoms. The second-order valence-corrected chi connectivity index (χ2v) is 8.56. The fourth-order valence-electron chi connectivity index (χ4n) is 4.18. The number of amides is 2. The Balaban J connectivity index is 1.75. The molecule has 0 bridgehead atoms. The van der Waals surface area contributed by atoms with E-state index in [9.17, 15) is 9.59 Å². The van der Waals surface area contributed by atoms with Crippen LogP contribution >= 0.6 is 0 Å². The predicted molar refractivity (Wildman–Crippen MR) is 123 cm³/mol. The molecule has 1 aliphatic carbocycles. The highest BCUT2D eigenvalue weighted by Gasteiger charge is 2.28. The van der Waals surface area contributed by atoms with Gasteiger partial charge in [-0.3, -0.25) is 9.59 Å². The van der Waals surface area contributed by atoms with Gasteiger partial charge in [-0.2, -0.15) is 0 Å². The maximum atomic E-state index is 13.3. The van der Waals surface area contributed by atoms with E-state index in [2.05, 4.69) is 11.4 Å². The van der Waals surface area contributed by atoms with Gasteiger partial charge in [-0.05, 0) is 49.9 Å². The molecule has 1 atom stereocenters. The number of ether oxygens (including phenoxy) is 1. The fourth-order valence-corrected chi connectivity index (χ4v) is 4.18. The monoisotopic (exact) mass is 422 g/mol. The van der Waals surface area contributed by atoms with E-state index >= 15 is 0 Å². The quantitative estimate of drug-likeness (QED) is 0.685. The molecule has 0 unspecified atom stereocenters. The predicted octanol–water partition coefficient (Wildman–Crippen LogP) is 4.41. The lowest BCUT2D eigenvalue weighted by atomic mass is 9.95. The minimum atomic E-state index is -0.534. The third-order valence-corrected chi connectivity index (χ3v) is 6.07. The van der Waals surface area contributed by atoms with Crippen molar-refractivity contribution in [3.8, 4) is 5.75 Å². The molecule has 1 saturated carbocycles. The average Bonchev–Trinajstić information content (AvgIpc) is 2.78. The summed E-state index contributed by atoms with van der Waals surface area (Å²) in [6.07, 6.45) is 5.84. The lowest BCUT2D eigenvalue weighted by Crippen LogP contribution is -2.50. The highest BCUT2D eigenvalue weighted by Crippen LogP contribution is 2.19. The van der Waals surface area contributed by atoms with E-state index < -0.39 is 6.04 Å². The van der Waals surface area contributed by atoms with Crippen LogP contribution in [-0.4, -0.2) is 35.9 Å². The van der Waals surface area contributed by atoms with Crippen molar-refractivity contribution in [2.75, 3.05) is 7.11 Å². The number of methoxy groups -OCH3 is 1. The van der Waals surface area contributed by atoms with Gasteiger partial charge in [-0.25, -0.2) is 0 Å². The number of nitrogens with one attached hydrogen (secondary N) is 1. The highest BCUT2D eigenvalue weighted by molar-refractivity contribution is 5.88. The van der Waals surface area contributed by atoms with Crippen molar-refractivity contribution in [2.45, 2.75) is 71.0 Å². The molecule has 1 N–H and O–H groups in total. The van der Waals surface area contributed by atoms with Crippen LogP contribution in [-0.2, 0) is 22.6 Å². The summed E-state index contributed by atoms with van der Waals surface area (Å²) < 4.78 is 5.21. The third kappa shape index (κ3) is 6.58. The van der Waals surface area contributed by atoms with Crippen molar-refractivity contribution in [2.24, 2.45) is 0 Å². The first-order chi connectivity index (χ1) is 15.0. The summed E-state index contributed by atoms with van der Waals surface area (Å²) in [5.41, 5.74) is 3.07. The molecule has 0 radical (unpaired) electrons. The zero-order valence-electron chi connectivity index (χ0n) is 18.9. The third-order valence-electron chi connectivity index (χ3n) is 6.07. The van der Waals surface area contributed by atoms with Crippen molar-refractivity contribution in [3.63, 3.8) is 0 Å². The second-order valence-electron chi connectivity index (χ2n) is 8.56. The lowest BCUT2D eigenvalue weighted by Gasteiger charge is -2.31. The van der Waals surface area contributed by atoms with Crippen LogP contribution in [0.3, 0.4) is 0 Å². The Morgan fingerprint density at radius 3 is 2.42 bits per heavy atom. The molecule has 1 aliphatic rings. The van der Waals surface area contributed by atoms with E-state index in [1.807, 2.05) is 56.3 Å². The molecule has 0 heterocycles. The van der Waals surface area contributed by atoms with Crippen LogP contribution < -0.4 is 10.1 Å². The van der Waals surface area contributed by atoms with E-state index in [1.54, 1.807) is 12.0 Å². The molecule has 2 amide bonds. The number of hydrogen-bond acceptors (Lipinski definition) is 3. The minimum Gasteiger partial charge on any atom is -0.497 e. The summed E-state index contributed by atoms with van der Waals surface area (Å²) in [4.78, 5) is 28.0. The Kier molecular flexibility index (Phi) is 8.10. The number of nitrogens with zero attached hydrogens (tertiary/aromatic N) is 1. The van der Waals surface area contributed by atoms with Crippen LogP contribution in [0.2, 0.25) is 0 Å². The lowest BCUT2D eigenvalue weighted by molar-refractivity contribution is -0.140. The molecule has 0 aliphatic heterocycles. The molecule has 5 nitrogen and oxygen atoms in total. The highest BCUT2D eigenvalue weighted by atomic mass is 16.5. The van der Waals surface area contributed by atoms with Crippen LogP contribution in [0.15, 0.2) is 48.5 Å². The molecule has 31 heavy (non-hydrogen) atoms. The van der Waals surface area contributed by atoms with Crippen LogP contribution in [0.4, 0.5) is 0 Å². The van der Waals surface area contributed by atoms with E-state index in [0.717, 1.165) is 48.1 Å². The van der Waals surface area contributed by atoms with E-state index in [-0.39, 0.29) is 24.3 Å². The summed E-state index contributed by atoms with van der Waals surface area (Å²) in [7, 11) is 1.62. The summed E-state index contributed by atoms with van der Waals surface area (Å²) in [5.74, 6) is 0.633. The SMILES string of the molecule is COc1ccc(CC(=O)N(Cc2cccc(C)c2)[C@H](C)C(=O)NC2CCCCC2)cc1. The van der Waals surface area contributed by atoms with Gasteiger partial charge in [0.2, 0.25) is 11.8 Å². The van der Waals surface area contributed by atoms with Gasteiger partial charge in [-0.1, -0.05) is 61.2 Å². The molecule has 2 aromatic rings. The fraction of sp³-hybridized carbons (Fsp3) is 0.462. The number of carbonyl (C=O) groups is 2. The zero-order valence-corrected chi connectivity index (χ0v) is 18.9. The zero-order chi connectivity index (χ0) is 22.2. The number of rotatable bonds is 8. The molecule has 0 spiro atoms. The van der Waals surface area contributed by atoms with Crippen LogP contribution in [0.1, 0.15) is 55.7 Å². The molecule has 1 fully saturated rings. The molecular formula is C26H34N2O3. The maximum absolute atomic E-state index is 13.3. The summed E-state index contributed by atoms with van der Waals surface area (Å²) in [6, 6.07) is 15.3. The minimum absolute atomic E-state index is 0.0574.